The molecule has 0 spiro atoms. The van der Waals surface area contributed by atoms with Crippen molar-refractivity contribution >= 4 is 23.2 Å². The summed E-state index contributed by atoms with van der Waals surface area (Å²) in [6.07, 6.45) is 0.495. The molecule has 0 N–H and O–H groups in total. The molecule has 0 aliphatic carbocycles. The maximum Gasteiger partial charge on any atom is 0.163 e. The fourth-order valence-corrected chi connectivity index (χ4v) is 2.29. The molecule has 108 valence electrons. The van der Waals surface area contributed by atoms with Crippen LogP contribution >= 0.6 is 11.6 Å². The van der Waals surface area contributed by atoms with E-state index in [-0.39, 0.29) is 30.3 Å². The van der Waals surface area contributed by atoms with Gasteiger partial charge < -0.3 is 0 Å². The molecule has 0 aliphatic rings. The number of Topliss-reactive ketones (excluding diaryl/α,β-unsaturated/α-hetero) is 2. The summed E-state index contributed by atoms with van der Waals surface area (Å²) >= 11 is 5.79. The molecule has 0 aromatic heterocycles. The van der Waals surface area contributed by atoms with Crippen molar-refractivity contribution in [3.05, 3.63) is 70.7 Å². The Bertz CT molecular complexity index is 617. The number of halogens is 1. The van der Waals surface area contributed by atoms with Crippen LogP contribution in [0.25, 0.3) is 0 Å². The SMILES string of the molecule is CC(C(=O)CCC(=O)c1ccc(Cl)cc1)c1ccccc1. The van der Waals surface area contributed by atoms with Gasteiger partial charge in [0.2, 0.25) is 0 Å². The van der Waals surface area contributed by atoms with Gasteiger partial charge in [-0.15, -0.1) is 0 Å². The molecule has 21 heavy (non-hydrogen) atoms. The second kappa shape index (κ2) is 7.19. The summed E-state index contributed by atoms with van der Waals surface area (Å²) < 4.78 is 0. The zero-order chi connectivity index (χ0) is 15.2. The first kappa shape index (κ1) is 15.5. The maximum atomic E-state index is 12.2. The summed E-state index contributed by atoms with van der Waals surface area (Å²) in [6.45, 7) is 1.88. The van der Waals surface area contributed by atoms with Gasteiger partial charge in [0.1, 0.15) is 5.78 Å². The van der Waals surface area contributed by atoms with Crippen LogP contribution in [0, 0.1) is 0 Å². The third kappa shape index (κ3) is 4.27. The van der Waals surface area contributed by atoms with Gasteiger partial charge in [-0.05, 0) is 29.8 Å². The molecule has 0 heterocycles. The maximum absolute atomic E-state index is 12.2. The molecule has 0 fully saturated rings. The van der Waals surface area contributed by atoms with Crippen molar-refractivity contribution in [3.63, 3.8) is 0 Å². The molecule has 1 atom stereocenters. The molecule has 2 nitrogen and oxygen atoms in total. The number of hydrogen-bond donors (Lipinski definition) is 0. The normalized spacial score (nSPS) is 11.9. The molecule has 0 bridgehead atoms. The van der Waals surface area contributed by atoms with Crippen LogP contribution in [0.2, 0.25) is 5.02 Å². The van der Waals surface area contributed by atoms with Gasteiger partial charge in [0.05, 0.1) is 0 Å². The van der Waals surface area contributed by atoms with Gasteiger partial charge in [0, 0.05) is 29.3 Å². The van der Waals surface area contributed by atoms with E-state index in [0.717, 1.165) is 5.56 Å². The first-order chi connectivity index (χ1) is 10.1. The van der Waals surface area contributed by atoms with E-state index in [2.05, 4.69) is 0 Å². The lowest BCUT2D eigenvalue weighted by Crippen LogP contribution is -2.11. The Morgan fingerprint density at radius 3 is 2.19 bits per heavy atom. The summed E-state index contributed by atoms with van der Waals surface area (Å²) in [6, 6.07) is 16.4. The van der Waals surface area contributed by atoms with Gasteiger partial charge in [-0.1, -0.05) is 48.9 Å². The lowest BCUT2D eigenvalue weighted by atomic mass is 9.93. The summed E-state index contributed by atoms with van der Waals surface area (Å²) in [5.41, 5.74) is 1.58. The van der Waals surface area contributed by atoms with E-state index in [4.69, 9.17) is 11.6 Å². The van der Waals surface area contributed by atoms with Crippen molar-refractivity contribution in [1.29, 1.82) is 0 Å². The highest BCUT2D eigenvalue weighted by molar-refractivity contribution is 6.30. The summed E-state index contributed by atoms with van der Waals surface area (Å²) in [5.74, 6) is -0.118. The van der Waals surface area contributed by atoms with Gasteiger partial charge in [-0.3, -0.25) is 9.59 Å². The molecule has 0 amide bonds. The molecular weight excluding hydrogens is 284 g/mol. The standard InChI is InChI=1S/C18H17ClO2/c1-13(14-5-3-2-4-6-14)17(20)11-12-18(21)15-7-9-16(19)10-8-15/h2-10,13H,11-12H2,1H3. The molecule has 2 aromatic rings. The minimum Gasteiger partial charge on any atom is -0.299 e. The van der Waals surface area contributed by atoms with Crippen LogP contribution in [0.5, 0.6) is 0 Å². The number of ketones is 2. The minimum absolute atomic E-state index is 0.0275. The fraction of sp³-hybridized carbons (Fsp3) is 0.222. The van der Waals surface area contributed by atoms with Crippen molar-refractivity contribution in [2.24, 2.45) is 0 Å². The largest absolute Gasteiger partial charge is 0.299 e. The quantitative estimate of drug-likeness (QED) is 0.726. The van der Waals surface area contributed by atoms with Gasteiger partial charge in [-0.25, -0.2) is 0 Å². The molecule has 2 aromatic carbocycles. The monoisotopic (exact) mass is 300 g/mol. The lowest BCUT2D eigenvalue weighted by molar-refractivity contribution is -0.120. The highest BCUT2D eigenvalue weighted by atomic mass is 35.5. The van der Waals surface area contributed by atoms with Gasteiger partial charge in [0.25, 0.3) is 0 Å². The Labute approximate surface area is 129 Å². The van der Waals surface area contributed by atoms with Crippen LogP contribution in [-0.4, -0.2) is 11.6 Å². The van der Waals surface area contributed by atoms with Crippen LogP contribution < -0.4 is 0 Å². The highest BCUT2D eigenvalue weighted by Gasteiger charge is 2.16. The van der Waals surface area contributed by atoms with E-state index in [1.165, 1.54) is 0 Å². The lowest BCUT2D eigenvalue weighted by Gasteiger charge is -2.10. The fourth-order valence-electron chi connectivity index (χ4n) is 2.16. The third-order valence-electron chi connectivity index (χ3n) is 3.55. The zero-order valence-electron chi connectivity index (χ0n) is 11.9. The molecule has 2 rings (SSSR count). The Morgan fingerprint density at radius 2 is 1.57 bits per heavy atom. The summed E-state index contributed by atoms with van der Waals surface area (Å²) in [5, 5.41) is 0.598. The highest BCUT2D eigenvalue weighted by Crippen LogP contribution is 2.19. The molecule has 3 heteroatoms. The average molecular weight is 301 g/mol. The topological polar surface area (TPSA) is 34.1 Å². The number of carbonyl (C=O) groups excluding carboxylic acids is 2. The number of carbonyl (C=O) groups is 2. The van der Waals surface area contributed by atoms with Gasteiger partial charge in [-0.2, -0.15) is 0 Å². The van der Waals surface area contributed by atoms with Crippen LogP contribution in [-0.2, 0) is 4.79 Å². The van der Waals surface area contributed by atoms with Crippen molar-refractivity contribution < 1.29 is 9.59 Å². The first-order valence-electron chi connectivity index (χ1n) is 6.94. The van der Waals surface area contributed by atoms with E-state index >= 15 is 0 Å². The van der Waals surface area contributed by atoms with Crippen molar-refractivity contribution in [1.82, 2.24) is 0 Å². The van der Waals surface area contributed by atoms with Crippen molar-refractivity contribution in [2.75, 3.05) is 0 Å². The van der Waals surface area contributed by atoms with E-state index in [1.54, 1.807) is 24.3 Å². The third-order valence-corrected chi connectivity index (χ3v) is 3.80. The number of hydrogen-bond acceptors (Lipinski definition) is 2. The molecule has 0 aliphatic heterocycles. The van der Waals surface area contributed by atoms with Crippen LogP contribution in [0.1, 0.15) is 41.6 Å². The van der Waals surface area contributed by atoms with Crippen LogP contribution in [0.15, 0.2) is 54.6 Å². The van der Waals surface area contributed by atoms with Gasteiger partial charge >= 0.3 is 0 Å². The molecular formula is C18H17ClO2. The molecule has 0 saturated carbocycles. The van der Waals surface area contributed by atoms with E-state index in [9.17, 15) is 9.59 Å². The molecule has 0 saturated heterocycles. The number of benzene rings is 2. The average Bonchev–Trinajstić information content (AvgIpc) is 2.53. The van der Waals surface area contributed by atoms with Crippen molar-refractivity contribution in [2.45, 2.75) is 25.7 Å². The Balaban J connectivity index is 1.92. The first-order valence-corrected chi connectivity index (χ1v) is 7.32. The summed E-state index contributed by atoms with van der Waals surface area (Å²) in [7, 11) is 0. The van der Waals surface area contributed by atoms with Gasteiger partial charge in [0.15, 0.2) is 5.78 Å². The summed E-state index contributed by atoms with van der Waals surface area (Å²) in [4.78, 5) is 24.2. The van der Waals surface area contributed by atoms with Crippen LogP contribution in [0.4, 0.5) is 0 Å². The number of rotatable bonds is 6. The smallest absolute Gasteiger partial charge is 0.163 e. The second-order valence-electron chi connectivity index (χ2n) is 5.03. The zero-order valence-corrected chi connectivity index (χ0v) is 12.6. The van der Waals surface area contributed by atoms with E-state index < -0.39 is 0 Å². The van der Waals surface area contributed by atoms with E-state index in [0.29, 0.717) is 10.6 Å². The molecule has 0 radical (unpaired) electrons. The molecule has 1 unspecified atom stereocenters. The van der Waals surface area contributed by atoms with E-state index in [1.807, 2.05) is 37.3 Å². The second-order valence-corrected chi connectivity index (χ2v) is 5.47. The van der Waals surface area contributed by atoms with Crippen molar-refractivity contribution in [3.8, 4) is 0 Å². The minimum atomic E-state index is -0.177. The predicted octanol–water partition coefficient (Wildman–Crippen LogP) is 4.68. The Kier molecular flexibility index (Phi) is 5.29. The predicted molar refractivity (Wildman–Crippen MR) is 84.9 cm³/mol. The Hall–Kier alpha value is -1.93. The Morgan fingerprint density at radius 1 is 0.952 bits per heavy atom. The van der Waals surface area contributed by atoms with Crippen LogP contribution in [0.3, 0.4) is 0 Å².